The van der Waals surface area contributed by atoms with Crippen molar-refractivity contribution >= 4 is 23.6 Å². The molecule has 1 saturated carbocycles. The lowest BCUT2D eigenvalue weighted by Crippen LogP contribution is -2.45. The second kappa shape index (κ2) is 8.70. The Hall–Kier alpha value is -1.56. The summed E-state index contributed by atoms with van der Waals surface area (Å²) >= 11 is 1.65. The molecule has 1 aromatic rings. The fourth-order valence-corrected chi connectivity index (χ4v) is 3.46. The Kier molecular flexibility index (Phi) is 6.87. The van der Waals surface area contributed by atoms with Crippen LogP contribution in [0.15, 0.2) is 17.2 Å². The first-order valence-corrected chi connectivity index (χ1v) is 10.00. The molecule has 6 heteroatoms. The predicted octanol–water partition coefficient (Wildman–Crippen LogP) is 3.34. The molecule has 0 radical (unpaired) electrons. The van der Waals surface area contributed by atoms with Gasteiger partial charge in [-0.05, 0) is 48.6 Å². The number of amides is 2. The van der Waals surface area contributed by atoms with Gasteiger partial charge in [-0.15, -0.1) is 11.8 Å². The van der Waals surface area contributed by atoms with Crippen LogP contribution in [-0.4, -0.2) is 28.6 Å². The number of primary amides is 1. The van der Waals surface area contributed by atoms with Crippen LogP contribution in [0.5, 0.6) is 0 Å². The summed E-state index contributed by atoms with van der Waals surface area (Å²) in [4.78, 5) is 29.1. The molecule has 0 aromatic carbocycles. The molecule has 1 aliphatic carbocycles. The monoisotopic (exact) mass is 363 g/mol. The van der Waals surface area contributed by atoms with E-state index in [-0.39, 0.29) is 11.8 Å². The molecular formula is C19H29N3O2S. The first-order chi connectivity index (χ1) is 11.8. The van der Waals surface area contributed by atoms with Crippen LogP contribution in [0, 0.1) is 11.8 Å². The number of nitrogens with two attached hydrogens (primary N) is 1. The highest BCUT2D eigenvalue weighted by Crippen LogP contribution is 2.41. The number of carbonyl (C=O) groups excluding carboxylic acids is 2. The Bertz CT molecular complexity index is 627. The first-order valence-electron chi connectivity index (χ1n) is 9.01. The number of nitrogens with one attached hydrogen (secondary N) is 1. The van der Waals surface area contributed by atoms with Crippen LogP contribution < -0.4 is 11.1 Å². The highest BCUT2D eigenvalue weighted by atomic mass is 32.2. The molecule has 0 unspecified atom stereocenters. The van der Waals surface area contributed by atoms with Crippen molar-refractivity contribution in [3.63, 3.8) is 0 Å². The second-order valence-corrected chi connectivity index (χ2v) is 8.66. The maximum atomic E-state index is 12.8. The zero-order valence-electron chi connectivity index (χ0n) is 15.5. The normalized spacial score (nSPS) is 15.4. The van der Waals surface area contributed by atoms with Gasteiger partial charge in [-0.25, -0.2) is 4.98 Å². The number of rotatable bonds is 9. The molecule has 1 heterocycles. The van der Waals surface area contributed by atoms with E-state index in [2.05, 4.69) is 24.1 Å². The smallest absolute Gasteiger partial charge is 0.270 e. The number of hydrogen-bond donors (Lipinski definition) is 2. The minimum Gasteiger partial charge on any atom is -0.368 e. The lowest BCUT2D eigenvalue weighted by atomic mass is 10.0. The maximum absolute atomic E-state index is 12.8. The van der Waals surface area contributed by atoms with Crippen LogP contribution in [0.2, 0.25) is 0 Å². The lowest BCUT2D eigenvalue weighted by molar-refractivity contribution is -0.120. The van der Waals surface area contributed by atoms with E-state index in [1.807, 2.05) is 26.0 Å². The van der Waals surface area contributed by atoms with Crippen LogP contribution in [0.4, 0.5) is 0 Å². The van der Waals surface area contributed by atoms with Crippen LogP contribution in [0.1, 0.15) is 68.9 Å². The Morgan fingerprint density at radius 3 is 2.44 bits per heavy atom. The predicted molar refractivity (Wildman–Crippen MR) is 102 cm³/mol. The van der Waals surface area contributed by atoms with Gasteiger partial charge in [0.25, 0.3) is 5.91 Å². The van der Waals surface area contributed by atoms with E-state index in [1.165, 1.54) is 0 Å². The minimum absolute atomic E-state index is 0.265. The topological polar surface area (TPSA) is 85.1 Å². The van der Waals surface area contributed by atoms with Gasteiger partial charge in [-0.2, -0.15) is 0 Å². The van der Waals surface area contributed by atoms with E-state index in [4.69, 9.17) is 5.73 Å². The third-order valence-corrected chi connectivity index (χ3v) is 5.41. The standard InChI is InChI=1S/C19H29N3O2S/c1-11(2)9-15(18(20)23)21-19(24)17-14(13-5-6-13)7-8-16(22-17)25-10-12(3)4/h7-8,11-13,15H,5-6,9-10H2,1-4H3,(H2,20,23)(H,21,24)/t15-/m0/s1. The lowest BCUT2D eigenvalue weighted by Gasteiger charge is -2.18. The van der Waals surface area contributed by atoms with Gasteiger partial charge in [0, 0.05) is 5.75 Å². The zero-order chi connectivity index (χ0) is 18.6. The fraction of sp³-hybridized carbons (Fsp3) is 0.632. The van der Waals surface area contributed by atoms with E-state index >= 15 is 0 Å². The molecule has 1 aliphatic rings. The SMILES string of the molecule is CC(C)CSc1ccc(C2CC2)c(C(=O)N[C@@H](CC(C)C)C(N)=O)n1. The van der Waals surface area contributed by atoms with E-state index in [0.717, 1.165) is 29.2 Å². The van der Waals surface area contributed by atoms with Crippen LogP contribution >= 0.6 is 11.8 Å². The molecule has 138 valence electrons. The number of nitrogens with zero attached hydrogens (tertiary/aromatic N) is 1. The molecule has 0 saturated heterocycles. The average Bonchev–Trinajstić information content (AvgIpc) is 3.36. The number of pyridine rings is 1. The van der Waals surface area contributed by atoms with Crippen molar-refractivity contribution in [1.29, 1.82) is 0 Å². The van der Waals surface area contributed by atoms with Gasteiger partial charge in [0.15, 0.2) is 0 Å². The van der Waals surface area contributed by atoms with Crippen molar-refractivity contribution < 1.29 is 9.59 Å². The third kappa shape index (κ3) is 6.03. The number of carbonyl (C=O) groups is 2. The molecule has 2 amide bonds. The van der Waals surface area contributed by atoms with Gasteiger partial charge in [0.2, 0.25) is 5.91 Å². The van der Waals surface area contributed by atoms with Gasteiger partial charge in [-0.1, -0.05) is 33.8 Å². The van der Waals surface area contributed by atoms with Crippen LogP contribution in [0.3, 0.4) is 0 Å². The van der Waals surface area contributed by atoms with Gasteiger partial charge >= 0.3 is 0 Å². The van der Waals surface area contributed by atoms with Gasteiger partial charge in [-0.3, -0.25) is 9.59 Å². The van der Waals surface area contributed by atoms with Crippen LogP contribution in [0.25, 0.3) is 0 Å². The van der Waals surface area contributed by atoms with E-state index in [1.54, 1.807) is 11.8 Å². The highest BCUT2D eigenvalue weighted by Gasteiger charge is 2.30. The maximum Gasteiger partial charge on any atom is 0.270 e. The van der Waals surface area contributed by atoms with E-state index in [9.17, 15) is 9.59 Å². The summed E-state index contributed by atoms with van der Waals surface area (Å²) in [6.07, 6.45) is 2.71. The molecular weight excluding hydrogens is 334 g/mol. The second-order valence-electron chi connectivity index (χ2n) is 7.62. The van der Waals surface area contributed by atoms with Gasteiger partial charge in [0.1, 0.15) is 11.7 Å². The summed E-state index contributed by atoms with van der Waals surface area (Å²) in [7, 11) is 0. The zero-order valence-corrected chi connectivity index (χ0v) is 16.4. The van der Waals surface area contributed by atoms with Crippen molar-refractivity contribution in [3.8, 4) is 0 Å². The fourth-order valence-electron chi connectivity index (χ4n) is 2.63. The van der Waals surface area contributed by atoms with Crippen molar-refractivity contribution in [1.82, 2.24) is 10.3 Å². The summed E-state index contributed by atoms with van der Waals surface area (Å²) in [6.45, 7) is 8.31. The van der Waals surface area contributed by atoms with Gasteiger partial charge < -0.3 is 11.1 Å². The first kappa shape index (κ1) is 19.8. The van der Waals surface area contributed by atoms with Crippen molar-refractivity contribution in [2.75, 3.05) is 5.75 Å². The van der Waals surface area contributed by atoms with Crippen LogP contribution in [-0.2, 0) is 4.79 Å². The highest BCUT2D eigenvalue weighted by molar-refractivity contribution is 7.99. The summed E-state index contributed by atoms with van der Waals surface area (Å²) in [5.41, 5.74) is 6.89. The van der Waals surface area contributed by atoms with E-state index < -0.39 is 11.9 Å². The summed E-state index contributed by atoms with van der Waals surface area (Å²) in [5.74, 6) is 1.39. The molecule has 0 bridgehead atoms. The number of aromatic nitrogens is 1. The molecule has 25 heavy (non-hydrogen) atoms. The minimum atomic E-state index is -0.659. The Morgan fingerprint density at radius 2 is 1.92 bits per heavy atom. The number of thioether (sulfide) groups is 1. The molecule has 1 fully saturated rings. The third-order valence-electron chi connectivity index (χ3n) is 4.05. The molecule has 1 aromatic heterocycles. The summed E-state index contributed by atoms with van der Waals surface area (Å²) < 4.78 is 0. The van der Waals surface area contributed by atoms with Gasteiger partial charge in [0.05, 0.1) is 5.03 Å². The van der Waals surface area contributed by atoms with Crippen molar-refractivity contribution in [2.24, 2.45) is 17.6 Å². The van der Waals surface area contributed by atoms with Crippen molar-refractivity contribution in [2.45, 2.75) is 63.9 Å². The quantitative estimate of drug-likeness (QED) is 0.659. The summed E-state index contributed by atoms with van der Waals surface area (Å²) in [5, 5.41) is 3.64. The molecule has 1 atom stereocenters. The largest absolute Gasteiger partial charge is 0.368 e. The molecule has 2 rings (SSSR count). The number of hydrogen-bond acceptors (Lipinski definition) is 4. The average molecular weight is 364 g/mol. The molecule has 0 spiro atoms. The Labute approximate surface area is 154 Å². The summed E-state index contributed by atoms with van der Waals surface area (Å²) in [6, 6.07) is 3.36. The van der Waals surface area contributed by atoms with Crippen molar-refractivity contribution in [3.05, 3.63) is 23.4 Å². The Balaban J connectivity index is 2.20. The molecule has 3 N–H and O–H groups in total. The van der Waals surface area contributed by atoms with E-state index in [0.29, 0.717) is 24.0 Å². The molecule has 0 aliphatic heterocycles. The Morgan fingerprint density at radius 1 is 1.24 bits per heavy atom. The molecule has 5 nitrogen and oxygen atoms in total.